The number of pyridine rings is 1. The fraction of sp³-hybridized carbons (Fsp3) is 0.250. The van der Waals surface area contributed by atoms with E-state index >= 15 is 0 Å². The summed E-state index contributed by atoms with van der Waals surface area (Å²) in [6.45, 7) is 3.82. The number of thiocarbonyl (C=S) groups is 1. The zero-order chi connectivity index (χ0) is 13.3. The zero-order valence-corrected chi connectivity index (χ0v) is 11.4. The van der Waals surface area contributed by atoms with E-state index in [2.05, 4.69) is 15.4 Å². The van der Waals surface area contributed by atoms with Crippen LogP contribution in [0.3, 0.4) is 0 Å². The maximum Gasteiger partial charge on any atom is 0.152 e. The number of aryl methyl sites for hydroxylation is 3. The number of nitrogens with two attached hydrogens (primary N) is 1. The van der Waals surface area contributed by atoms with Gasteiger partial charge in [0.25, 0.3) is 0 Å². The largest absolute Gasteiger partial charge is 0.389 e. The fourth-order valence-corrected chi connectivity index (χ4v) is 2.12. The quantitative estimate of drug-likeness (QED) is 0.825. The van der Waals surface area contributed by atoms with Gasteiger partial charge in [-0.25, -0.2) is 0 Å². The van der Waals surface area contributed by atoms with Gasteiger partial charge < -0.3 is 11.1 Å². The molecule has 2 aromatic rings. The van der Waals surface area contributed by atoms with Crippen LogP contribution in [0.25, 0.3) is 0 Å². The number of aromatic nitrogens is 3. The molecule has 0 unspecified atom stereocenters. The van der Waals surface area contributed by atoms with Crippen LogP contribution in [0.4, 0.5) is 11.5 Å². The van der Waals surface area contributed by atoms with Gasteiger partial charge in [-0.05, 0) is 19.9 Å². The molecule has 0 saturated carbocycles. The number of anilines is 2. The van der Waals surface area contributed by atoms with Crippen molar-refractivity contribution in [3.8, 4) is 0 Å². The van der Waals surface area contributed by atoms with Crippen molar-refractivity contribution in [1.82, 2.24) is 14.8 Å². The second-order valence-electron chi connectivity index (χ2n) is 4.14. The summed E-state index contributed by atoms with van der Waals surface area (Å²) in [5.41, 5.74) is 9.08. The third kappa shape index (κ3) is 2.48. The third-order valence-corrected chi connectivity index (χ3v) is 2.76. The monoisotopic (exact) mass is 261 g/mol. The highest BCUT2D eigenvalue weighted by atomic mass is 32.1. The Balaban J connectivity index is 2.45. The lowest BCUT2D eigenvalue weighted by molar-refractivity contribution is 0.771. The van der Waals surface area contributed by atoms with Gasteiger partial charge in [-0.15, -0.1) is 0 Å². The summed E-state index contributed by atoms with van der Waals surface area (Å²) in [6, 6.07) is 3.80. The smallest absolute Gasteiger partial charge is 0.152 e. The Morgan fingerprint density at radius 3 is 2.72 bits per heavy atom. The lowest BCUT2D eigenvalue weighted by Crippen LogP contribution is -2.15. The molecule has 0 aliphatic rings. The molecule has 0 amide bonds. The molecule has 0 saturated heterocycles. The molecular weight excluding hydrogens is 246 g/mol. The van der Waals surface area contributed by atoms with Crippen molar-refractivity contribution < 1.29 is 0 Å². The predicted molar refractivity (Wildman–Crippen MR) is 76.1 cm³/mol. The van der Waals surface area contributed by atoms with Crippen LogP contribution >= 0.6 is 12.2 Å². The Hall–Kier alpha value is -1.95. The normalized spacial score (nSPS) is 10.4. The molecule has 18 heavy (non-hydrogen) atoms. The molecule has 5 nitrogen and oxygen atoms in total. The standard InChI is InChI=1S/C12H15N5S/c1-7-6-9(11(12(13)18)8(2)14-7)15-10-4-5-17(3)16-10/h4-6H,1-3H3,(H2,13,18)(H,14,15,16). The molecule has 0 radical (unpaired) electrons. The SMILES string of the molecule is Cc1cc(Nc2ccn(C)n2)c(C(N)=S)c(C)n1. The van der Waals surface area contributed by atoms with Crippen molar-refractivity contribution in [2.45, 2.75) is 13.8 Å². The van der Waals surface area contributed by atoms with Crippen LogP contribution in [0.1, 0.15) is 17.0 Å². The highest BCUT2D eigenvalue weighted by Crippen LogP contribution is 2.22. The third-order valence-electron chi connectivity index (χ3n) is 2.55. The van der Waals surface area contributed by atoms with Gasteiger partial charge >= 0.3 is 0 Å². The van der Waals surface area contributed by atoms with E-state index in [-0.39, 0.29) is 0 Å². The number of nitrogens with zero attached hydrogens (tertiary/aromatic N) is 3. The Morgan fingerprint density at radius 1 is 1.44 bits per heavy atom. The van der Waals surface area contributed by atoms with Crippen LogP contribution in [0.2, 0.25) is 0 Å². The molecule has 0 aliphatic heterocycles. The summed E-state index contributed by atoms with van der Waals surface area (Å²) in [7, 11) is 1.86. The van der Waals surface area contributed by atoms with Crippen molar-refractivity contribution >= 4 is 28.7 Å². The van der Waals surface area contributed by atoms with Gasteiger partial charge in [-0.3, -0.25) is 9.67 Å². The lowest BCUT2D eigenvalue weighted by atomic mass is 10.1. The summed E-state index contributed by atoms with van der Waals surface area (Å²) in [4.78, 5) is 4.70. The molecule has 2 rings (SSSR count). The lowest BCUT2D eigenvalue weighted by Gasteiger charge is -2.12. The maximum absolute atomic E-state index is 5.75. The fourth-order valence-electron chi connectivity index (χ4n) is 1.86. The number of nitrogens with one attached hydrogen (secondary N) is 1. The Kier molecular flexibility index (Phi) is 3.29. The van der Waals surface area contributed by atoms with E-state index in [0.717, 1.165) is 28.5 Å². The van der Waals surface area contributed by atoms with Crippen molar-refractivity contribution in [3.63, 3.8) is 0 Å². The van der Waals surface area contributed by atoms with Crippen LogP contribution in [0, 0.1) is 13.8 Å². The van der Waals surface area contributed by atoms with E-state index in [1.165, 1.54) is 0 Å². The average molecular weight is 261 g/mol. The molecule has 0 aliphatic carbocycles. The van der Waals surface area contributed by atoms with Gasteiger partial charge in [-0.2, -0.15) is 5.10 Å². The molecule has 0 bridgehead atoms. The van der Waals surface area contributed by atoms with E-state index < -0.39 is 0 Å². The van der Waals surface area contributed by atoms with Crippen LogP contribution in [0.15, 0.2) is 18.3 Å². The topological polar surface area (TPSA) is 68.8 Å². The Bertz CT molecular complexity index is 603. The summed E-state index contributed by atoms with van der Waals surface area (Å²) < 4.78 is 1.73. The molecule has 3 N–H and O–H groups in total. The zero-order valence-electron chi connectivity index (χ0n) is 10.6. The van der Waals surface area contributed by atoms with Gasteiger partial charge in [0.1, 0.15) is 4.99 Å². The van der Waals surface area contributed by atoms with Gasteiger partial charge in [-0.1, -0.05) is 12.2 Å². The van der Waals surface area contributed by atoms with Crippen molar-refractivity contribution in [2.75, 3.05) is 5.32 Å². The number of hydrogen-bond donors (Lipinski definition) is 2. The van der Waals surface area contributed by atoms with Gasteiger partial charge in [0.05, 0.1) is 11.3 Å². The van der Waals surface area contributed by atoms with Gasteiger partial charge in [0.2, 0.25) is 0 Å². The minimum absolute atomic E-state index is 0.332. The van der Waals surface area contributed by atoms with Crippen molar-refractivity contribution in [2.24, 2.45) is 12.8 Å². The van der Waals surface area contributed by atoms with Crippen LogP contribution < -0.4 is 11.1 Å². The summed E-state index contributed by atoms with van der Waals surface area (Å²) in [6.07, 6.45) is 1.86. The summed E-state index contributed by atoms with van der Waals surface area (Å²) in [5, 5.41) is 7.48. The van der Waals surface area contributed by atoms with E-state index in [1.54, 1.807) is 4.68 Å². The molecular formula is C12H15N5S. The first kappa shape index (κ1) is 12.5. The van der Waals surface area contributed by atoms with Crippen molar-refractivity contribution in [3.05, 3.63) is 35.3 Å². The van der Waals surface area contributed by atoms with Gasteiger partial charge in [0.15, 0.2) is 5.82 Å². The first-order valence-electron chi connectivity index (χ1n) is 5.52. The van der Waals surface area contributed by atoms with E-state index in [1.807, 2.05) is 39.2 Å². The number of hydrogen-bond acceptors (Lipinski definition) is 4. The second-order valence-corrected chi connectivity index (χ2v) is 4.58. The minimum atomic E-state index is 0.332. The van der Waals surface area contributed by atoms with E-state index in [9.17, 15) is 0 Å². The number of rotatable bonds is 3. The van der Waals surface area contributed by atoms with E-state index in [4.69, 9.17) is 18.0 Å². The average Bonchev–Trinajstić information content (AvgIpc) is 2.62. The molecule has 94 valence electrons. The van der Waals surface area contributed by atoms with Crippen LogP contribution in [-0.4, -0.2) is 19.8 Å². The highest BCUT2D eigenvalue weighted by molar-refractivity contribution is 7.80. The highest BCUT2D eigenvalue weighted by Gasteiger charge is 2.12. The Morgan fingerprint density at radius 2 is 2.17 bits per heavy atom. The first-order chi connectivity index (χ1) is 8.47. The second kappa shape index (κ2) is 4.73. The molecule has 0 spiro atoms. The van der Waals surface area contributed by atoms with Crippen molar-refractivity contribution in [1.29, 1.82) is 0 Å². The summed E-state index contributed by atoms with van der Waals surface area (Å²) in [5.74, 6) is 0.750. The molecule has 2 aromatic heterocycles. The van der Waals surface area contributed by atoms with E-state index in [0.29, 0.717) is 4.99 Å². The maximum atomic E-state index is 5.75. The van der Waals surface area contributed by atoms with Crippen LogP contribution in [0.5, 0.6) is 0 Å². The predicted octanol–water partition coefficient (Wildman–Crippen LogP) is 1.81. The van der Waals surface area contributed by atoms with Gasteiger partial charge in [0, 0.05) is 30.7 Å². The van der Waals surface area contributed by atoms with Crippen LogP contribution in [-0.2, 0) is 7.05 Å². The molecule has 6 heteroatoms. The molecule has 0 atom stereocenters. The summed E-state index contributed by atoms with van der Waals surface area (Å²) >= 11 is 5.07. The molecule has 0 fully saturated rings. The first-order valence-corrected chi connectivity index (χ1v) is 5.93. The molecule has 2 heterocycles. The Labute approximate surface area is 111 Å². The minimum Gasteiger partial charge on any atom is -0.389 e. The molecule has 0 aromatic carbocycles.